The maximum Gasteiger partial charge on any atom is 0.271 e. The molecular formula is C26H33N3O5S3. The van der Waals surface area contributed by atoms with Gasteiger partial charge in [0.15, 0.2) is 5.75 Å². The van der Waals surface area contributed by atoms with Crippen molar-refractivity contribution in [1.82, 2.24) is 4.90 Å². The van der Waals surface area contributed by atoms with Crippen molar-refractivity contribution in [2.75, 3.05) is 36.8 Å². The second kappa shape index (κ2) is 13.4. The van der Waals surface area contributed by atoms with Gasteiger partial charge in [-0.15, -0.1) is 0 Å². The van der Waals surface area contributed by atoms with Crippen LogP contribution >= 0.6 is 24.0 Å². The first-order valence-electron chi connectivity index (χ1n) is 12.3. The van der Waals surface area contributed by atoms with Crippen molar-refractivity contribution in [2.24, 2.45) is 0 Å². The van der Waals surface area contributed by atoms with E-state index in [1.54, 1.807) is 15.9 Å². The summed E-state index contributed by atoms with van der Waals surface area (Å²) in [5.74, 6) is 0.116. The zero-order valence-corrected chi connectivity index (χ0v) is 23.8. The molecule has 0 spiro atoms. The lowest BCUT2D eigenvalue weighted by Gasteiger charge is -2.20. The Balaban J connectivity index is 0.000000479. The van der Waals surface area contributed by atoms with Crippen LogP contribution in [-0.4, -0.2) is 60.0 Å². The van der Waals surface area contributed by atoms with Crippen LogP contribution in [0.1, 0.15) is 32.8 Å². The molecule has 0 unspecified atom stereocenters. The molecule has 2 aliphatic rings. The third kappa shape index (κ3) is 7.78. The zero-order valence-electron chi connectivity index (χ0n) is 21.3. The second-order valence-corrected chi connectivity index (χ2v) is 11.7. The number of carbonyl (C=O) groups is 1. The minimum Gasteiger partial charge on any atom is -0.748 e. The van der Waals surface area contributed by atoms with Crippen LogP contribution in [0.4, 0.5) is 5.69 Å². The van der Waals surface area contributed by atoms with E-state index in [1.165, 1.54) is 24.5 Å². The quantitative estimate of drug-likeness (QED) is 0.283. The van der Waals surface area contributed by atoms with E-state index in [0.717, 1.165) is 17.3 Å². The number of para-hydroxylation sites is 2. The number of thioether (sulfide) groups is 1. The molecule has 2 aromatic rings. The monoisotopic (exact) mass is 563 g/mol. The molecule has 37 heavy (non-hydrogen) atoms. The fourth-order valence-electron chi connectivity index (χ4n) is 4.00. The highest BCUT2D eigenvalue weighted by Crippen LogP contribution is 2.44. The van der Waals surface area contributed by atoms with Crippen molar-refractivity contribution in [2.45, 2.75) is 33.7 Å². The van der Waals surface area contributed by atoms with Crippen LogP contribution < -0.4 is 14.5 Å². The molecule has 0 aromatic heterocycles. The van der Waals surface area contributed by atoms with Gasteiger partial charge in [0.2, 0.25) is 5.88 Å². The third-order valence-electron chi connectivity index (χ3n) is 6.11. The smallest absolute Gasteiger partial charge is 0.271 e. The zero-order chi connectivity index (χ0) is 27.0. The first-order chi connectivity index (χ1) is 17.7. The summed E-state index contributed by atoms with van der Waals surface area (Å²) < 4.78 is 39.4. The topological polar surface area (TPSA) is 94.4 Å². The SMILES string of the molecule is CC[NH+](CC)CC.O=C1/C(=C2/Oc3ccccc3N2CCCS(=O)(=O)[O-])SC(=S)N1Cc1ccccc1. The van der Waals surface area contributed by atoms with Crippen LogP contribution in [-0.2, 0) is 21.5 Å². The van der Waals surface area contributed by atoms with Crippen LogP contribution in [0, 0.1) is 0 Å². The molecule has 8 nitrogen and oxygen atoms in total. The lowest BCUT2D eigenvalue weighted by atomic mass is 10.2. The first-order valence-corrected chi connectivity index (χ1v) is 15.1. The van der Waals surface area contributed by atoms with Gasteiger partial charge in [-0.2, -0.15) is 0 Å². The van der Waals surface area contributed by atoms with E-state index in [1.807, 2.05) is 48.5 Å². The van der Waals surface area contributed by atoms with Crippen molar-refractivity contribution in [1.29, 1.82) is 0 Å². The van der Waals surface area contributed by atoms with Gasteiger partial charge in [-0.1, -0.05) is 54.7 Å². The normalized spacial score (nSPS) is 17.1. The lowest BCUT2D eigenvalue weighted by Crippen LogP contribution is -3.11. The van der Waals surface area contributed by atoms with E-state index in [0.29, 0.717) is 33.1 Å². The van der Waals surface area contributed by atoms with E-state index in [9.17, 15) is 17.8 Å². The molecule has 2 aliphatic heterocycles. The van der Waals surface area contributed by atoms with E-state index < -0.39 is 15.9 Å². The van der Waals surface area contributed by atoms with E-state index in [2.05, 4.69) is 20.8 Å². The Hall–Kier alpha value is -2.44. The lowest BCUT2D eigenvalue weighted by molar-refractivity contribution is -0.894. The van der Waals surface area contributed by atoms with Gasteiger partial charge in [0.1, 0.15) is 9.23 Å². The van der Waals surface area contributed by atoms with Crippen LogP contribution in [0.25, 0.3) is 0 Å². The van der Waals surface area contributed by atoms with E-state index in [4.69, 9.17) is 17.0 Å². The van der Waals surface area contributed by atoms with Gasteiger partial charge < -0.3 is 19.1 Å². The molecule has 1 N–H and O–H groups in total. The van der Waals surface area contributed by atoms with Crippen molar-refractivity contribution in [3.8, 4) is 5.75 Å². The highest BCUT2D eigenvalue weighted by atomic mass is 32.2. The van der Waals surface area contributed by atoms with Crippen molar-refractivity contribution in [3.05, 3.63) is 70.9 Å². The number of thiocarbonyl (C=S) groups is 1. The first kappa shape index (κ1) is 29.1. The number of nitrogens with one attached hydrogen (secondary N) is 1. The van der Waals surface area contributed by atoms with Gasteiger partial charge >= 0.3 is 0 Å². The van der Waals surface area contributed by atoms with Crippen LogP contribution in [0.15, 0.2) is 65.4 Å². The molecular weight excluding hydrogens is 531 g/mol. The number of benzene rings is 2. The summed E-state index contributed by atoms with van der Waals surface area (Å²) in [6.07, 6.45) is 0.108. The molecule has 1 saturated heterocycles. The summed E-state index contributed by atoms with van der Waals surface area (Å²) in [7, 11) is -4.33. The Morgan fingerprint density at radius 2 is 1.59 bits per heavy atom. The molecule has 200 valence electrons. The summed E-state index contributed by atoms with van der Waals surface area (Å²) in [5, 5.41) is 0. The Labute approximate surface area is 229 Å². The number of nitrogens with zero attached hydrogens (tertiary/aromatic N) is 2. The number of hydrogen-bond acceptors (Lipinski definition) is 8. The van der Waals surface area contributed by atoms with E-state index >= 15 is 0 Å². The summed E-state index contributed by atoms with van der Waals surface area (Å²) in [6.45, 7) is 11.1. The number of carbonyl (C=O) groups excluding carboxylic acids is 1. The average Bonchev–Trinajstić information content (AvgIpc) is 3.37. The molecule has 0 bridgehead atoms. The number of rotatable bonds is 9. The molecule has 11 heteroatoms. The summed E-state index contributed by atoms with van der Waals surface area (Å²) in [5.41, 5.74) is 1.66. The number of amides is 1. The molecule has 2 aromatic carbocycles. The van der Waals surface area contributed by atoms with Gasteiger partial charge in [0, 0.05) is 12.3 Å². The van der Waals surface area contributed by atoms with Gasteiger partial charge in [-0.05, 0) is 56.7 Å². The maximum atomic E-state index is 13.1. The van der Waals surface area contributed by atoms with Crippen molar-refractivity contribution >= 4 is 50.0 Å². The molecule has 0 aliphatic carbocycles. The standard InChI is InChI=1S/C20H18N2O5S3.C6H15N/c23-18-17(29-20(28)22(18)13-14-7-2-1-3-8-14)19-21(11-6-12-30(24,25)26)15-9-4-5-10-16(15)27-19;1-4-7(5-2)6-3/h1-5,7-10H,6,11-13H2,(H,24,25,26);4-6H2,1-3H3/b19-17-;. The minimum atomic E-state index is -4.33. The van der Waals surface area contributed by atoms with Crippen LogP contribution in [0.2, 0.25) is 0 Å². The molecule has 0 radical (unpaired) electrons. The molecule has 1 fully saturated rings. The van der Waals surface area contributed by atoms with Gasteiger partial charge in [-0.3, -0.25) is 9.69 Å². The van der Waals surface area contributed by atoms with Gasteiger partial charge in [0.25, 0.3) is 5.91 Å². The molecule has 4 rings (SSSR count). The number of ether oxygens (including phenoxy) is 1. The highest BCUT2D eigenvalue weighted by molar-refractivity contribution is 8.26. The number of quaternary nitrogens is 1. The fourth-order valence-corrected chi connectivity index (χ4v) is 5.75. The Morgan fingerprint density at radius 1 is 0.973 bits per heavy atom. The highest BCUT2D eigenvalue weighted by Gasteiger charge is 2.40. The Kier molecular flexibility index (Phi) is 10.5. The fraction of sp³-hybridized carbons (Fsp3) is 0.385. The molecule has 1 amide bonds. The number of fused-ring (bicyclic) bond motifs is 1. The molecule has 0 saturated carbocycles. The molecule has 2 heterocycles. The van der Waals surface area contributed by atoms with Crippen LogP contribution in [0.3, 0.4) is 0 Å². The van der Waals surface area contributed by atoms with Crippen LogP contribution in [0.5, 0.6) is 5.75 Å². The summed E-state index contributed by atoms with van der Waals surface area (Å²) >= 11 is 6.58. The summed E-state index contributed by atoms with van der Waals surface area (Å²) in [6, 6.07) is 16.8. The largest absolute Gasteiger partial charge is 0.748 e. The second-order valence-electron chi connectivity index (χ2n) is 8.53. The Bertz CT molecular complexity index is 1230. The third-order valence-corrected chi connectivity index (χ3v) is 8.32. The molecule has 0 atom stereocenters. The number of hydrogen-bond donors (Lipinski definition) is 1. The Morgan fingerprint density at radius 3 is 2.19 bits per heavy atom. The van der Waals surface area contributed by atoms with Gasteiger partial charge in [-0.25, -0.2) is 8.42 Å². The minimum absolute atomic E-state index is 0.108. The van der Waals surface area contributed by atoms with Gasteiger partial charge in [0.05, 0.1) is 42.0 Å². The predicted octanol–water partition coefficient (Wildman–Crippen LogP) is 2.98. The summed E-state index contributed by atoms with van der Waals surface area (Å²) in [4.78, 5) is 18.4. The van der Waals surface area contributed by atoms with Crippen molar-refractivity contribution < 1.29 is 27.4 Å². The number of anilines is 1. The van der Waals surface area contributed by atoms with Crippen molar-refractivity contribution in [3.63, 3.8) is 0 Å². The average molecular weight is 564 g/mol. The predicted molar refractivity (Wildman–Crippen MR) is 150 cm³/mol. The van der Waals surface area contributed by atoms with E-state index in [-0.39, 0.29) is 18.9 Å². The maximum absolute atomic E-state index is 13.1.